The Morgan fingerprint density at radius 3 is 1.36 bits per heavy atom. The highest BCUT2D eigenvalue weighted by molar-refractivity contribution is 7.30. The van der Waals surface area contributed by atoms with Crippen molar-refractivity contribution in [1.29, 1.82) is 0 Å². The van der Waals surface area contributed by atoms with E-state index < -0.39 is 8.25 Å². The number of aliphatic hydroxyl groups excluding tert-OH is 2. The van der Waals surface area contributed by atoms with E-state index in [9.17, 15) is 0 Å². The molecule has 4 N–H and O–H groups in total. The third-order valence-electron chi connectivity index (χ3n) is 0.856. The van der Waals surface area contributed by atoms with E-state index >= 15 is 0 Å². The largest absolute Gasteiger partial charge is 0.396 e. The van der Waals surface area contributed by atoms with Gasteiger partial charge in [0.2, 0.25) is 0 Å². The molecule has 0 saturated carbocycles. The molecule has 0 aliphatic rings. The molecule has 0 bridgehead atoms. The predicted molar refractivity (Wildman–Crippen MR) is 41.4 cm³/mol. The van der Waals surface area contributed by atoms with Gasteiger partial charge in [0, 0.05) is 5.41 Å². The molecule has 0 aromatic carbocycles. The maximum Gasteiger partial charge on any atom is 0.314 e. The van der Waals surface area contributed by atoms with Crippen LogP contribution in [0.15, 0.2) is 0 Å². The summed E-state index contributed by atoms with van der Waals surface area (Å²) in [6.45, 7) is 3.69. The zero-order chi connectivity index (χ0) is 9.49. The molecule has 0 radical (unpaired) electrons. The van der Waals surface area contributed by atoms with Crippen molar-refractivity contribution in [2.75, 3.05) is 13.2 Å². The van der Waals surface area contributed by atoms with Gasteiger partial charge in [-0.1, -0.05) is 13.8 Å². The molecule has 0 unspecified atom stereocenters. The average molecular weight is 186 g/mol. The van der Waals surface area contributed by atoms with Gasteiger partial charge >= 0.3 is 8.25 Å². The SMILES string of the molecule is CC(C)(CO)CO.O=[PH](O)O. The second-order valence-electron chi connectivity index (χ2n) is 2.76. The van der Waals surface area contributed by atoms with E-state index in [0.29, 0.717) is 0 Å². The van der Waals surface area contributed by atoms with Gasteiger partial charge < -0.3 is 20.0 Å². The van der Waals surface area contributed by atoms with Crippen molar-refractivity contribution >= 4 is 8.25 Å². The minimum atomic E-state index is -3.13. The normalized spacial score (nSPS) is 10.8. The highest BCUT2D eigenvalue weighted by Gasteiger charge is 2.13. The molecule has 0 aromatic rings. The zero-order valence-corrected chi connectivity index (χ0v) is 7.61. The lowest BCUT2D eigenvalue weighted by molar-refractivity contribution is 0.0857. The van der Waals surface area contributed by atoms with Gasteiger partial charge in [0.1, 0.15) is 0 Å². The van der Waals surface area contributed by atoms with Crippen molar-refractivity contribution in [3.05, 3.63) is 0 Å². The summed E-state index contributed by atoms with van der Waals surface area (Å²) in [7, 11) is -3.13. The molecule has 5 nitrogen and oxygen atoms in total. The highest BCUT2D eigenvalue weighted by Crippen LogP contribution is 2.10. The Bertz CT molecular complexity index is 103. The molecule has 0 aliphatic carbocycles. The van der Waals surface area contributed by atoms with E-state index in [-0.39, 0.29) is 18.6 Å². The summed E-state index contributed by atoms with van der Waals surface area (Å²) in [6.07, 6.45) is 0. The van der Waals surface area contributed by atoms with Crippen LogP contribution in [-0.4, -0.2) is 33.2 Å². The summed E-state index contributed by atoms with van der Waals surface area (Å²) in [5, 5.41) is 16.9. The van der Waals surface area contributed by atoms with Crippen molar-refractivity contribution in [2.45, 2.75) is 13.8 Å². The van der Waals surface area contributed by atoms with Crippen LogP contribution in [0, 0.1) is 5.41 Å². The number of aliphatic hydroxyl groups is 2. The molecule has 0 heterocycles. The average Bonchev–Trinajstić information content (AvgIpc) is 1.87. The van der Waals surface area contributed by atoms with Crippen LogP contribution < -0.4 is 0 Å². The first-order valence-corrected chi connectivity index (χ1v) is 4.29. The fourth-order valence-corrected chi connectivity index (χ4v) is 0.0500. The first-order chi connectivity index (χ1) is 4.85. The van der Waals surface area contributed by atoms with Gasteiger partial charge in [-0.05, 0) is 0 Å². The molecular weight excluding hydrogens is 171 g/mol. The van der Waals surface area contributed by atoms with E-state index in [0.717, 1.165) is 0 Å². The lowest BCUT2D eigenvalue weighted by atomic mass is 9.97. The van der Waals surface area contributed by atoms with Gasteiger partial charge in [0.05, 0.1) is 13.2 Å². The first-order valence-electron chi connectivity index (χ1n) is 2.99. The molecule has 0 saturated heterocycles. The van der Waals surface area contributed by atoms with Gasteiger partial charge in [0.25, 0.3) is 0 Å². The molecule has 0 aliphatic heterocycles. The Morgan fingerprint density at radius 1 is 1.18 bits per heavy atom. The Labute approximate surface area is 66.3 Å². The summed E-state index contributed by atoms with van der Waals surface area (Å²) in [5.41, 5.74) is -0.306. The van der Waals surface area contributed by atoms with Gasteiger partial charge in [-0.15, -0.1) is 0 Å². The lowest BCUT2D eigenvalue weighted by Gasteiger charge is -2.16. The maximum atomic E-state index is 8.74. The molecule has 0 atom stereocenters. The topological polar surface area (TPSA) is 98.0 Å². The number of hydrogen-bond donors (Lipinski definition) is 4. The number of rotatable bonds is 2. The molecule has 0 aromatic heterocycles. The lowest BCUT2D eigenvalue weighted by Crippen LogP contribution is -2.20. The van der Waals surface area contributed by atoms with E-state index in [4.69, 9.17) is 24.6 Å². The van der Waals surface area contributed by atoms with E-state index in [1.807, 2.05) is 0 Å². The monoisotopic (exact) mass is 186 g/mol. The van der Waals surface area contributed by atoms with Crippen molar-refractivity contribution in [2.24, 2.45) is 5.41 Å². The zero-order valence-electron chi connectivity index (χ0n) is 6.61. The standard InChI is InChI=1S/C5H12O2.H3O3P/c1-5(2,3-6)4-7;1-4(2)3/h6-7H,3-4H2,1-2H3;4H,(H2,1,2,3). The number of hydrogen-bond acceptors (Lipinski definition) is 3. The first kappa shape index (κ1) is 13.6. The summed E-state index contributed by atoms with van der Waals surface area (Å²) in [6, 6.07) is 0. The van der Waals surface area contributed by atoms with Crippen LogP contribution in [0.25, 0.3) is 0 Å². The van der Waals surface area contributed by atoms with Gasteiger partial charge in [-0.2, -0.15) is 0 Å². The molecule has 11 heavy (non-hydrogen) atoms. The molecular formula is C5H15O5P. The van der Waals surface area contributed by atoms with Crippen molar-refractivity contribution in [1.82, 2.24) is 0 Å². The predicted octanol–water partition coefficient (Wildman–Crippen LogP) is -0.642. The van der Waals surface area contributed by atoms with Gasteiger partial charge in [-0.25, -0.2) is 0 Å². The summed E-state index contributed by atoms with van der Waals surface area (Å²) in [4.78, 5) is 14.3. The van der Waals surface area contributed by atoms with Gasteiger partial charge in [-0.3, -0.25) is 4.57 Å². The molecule has 70 valence electrons. The second-order valence-corrected chi connectivity index (χ2v) is 3.33. The molecule has 0 spiro atoms. The fourth-order valence-electron chi connectivity index (χ4n) is 0.0500. The van der Waals surface area contributed by atoms with E-state index in [1.54, 1.807) is 13.8 Å². The van der Waals surface area contributed by atoms with Crippen LogP contribution in [0.1, 0.15) is 13.8 Å². The highest BCUT2D eigenvalue weighted by atomic mass is 31.1. The van der Waals surface area contributed by atoms with Crippen LogP contribution >= 0.6 is 8.25 Å². The minimum Gasteiger partial charge on any atom is -0.396 e. The summed E-state index contributed by atoms with van der Waals surface area (Å²) < 4.78 is 8.74. The fraction of sp³-hybridized carbons (Fsp3) is 1.00. The molecule has 6 heteroatoms. The van der Waals surface area contributed by atoms with E-state index in [2.05, 4.69) is 0 Å². The van der Waals surface area contributed by atoms with Crippen molar-refractivity contribution in [3.8, 4) is 0 Å². The smallest absolute Gasteiger partial charge is 0.314 e. The molecule has 0 rings (SSSR count). The van der Waals surface area contributed by atoms with Crippen LogP contribution in [0.4, 0.5) is 0 Å². The van der Waals surface area contributed by atoms with Gasteiger partial charge in [0.15, 0.2) is 0 Å². The Kier molecular flexibility index (Phi) is 8.39. The van der Waals surface area contributed by atoms with Crippen molar-refractivity contribution in [3.63, 3.8) is 0 Å². The molecule has 0 amide bonds. The van der Waals surface area contributed by atoms with E-state index in [1.165, 1.54) is 0 Å². The van der Waals surface area contributed by atoms with Crippen LogP contribution in [0.2, 0.25) is 0 Å². The van der Waals surface area contributed by atoms with Crippen molar-refractivity contribution < 1.29 is 24.6 Å². The van der Waals surface area contributed by atoms with Crippen LogP contribution in [0.5, 0.6) is 0 Å². The Morgan fingerprint density at radius 2 is 1.36 bits per heavy atom. The minimum absolute atomic E-state index is 0.0451. The quantitative estimate of drug-likeness (QED) is 0.430. The molecule has 0 fully saturated rings. The van der Waals surface area contributed by atoms with Crippen LogP contribution in [-0.2, 0) is 4.57 Å². The Balaban J connectivity index is 0. The maximum absolute atomic E-state index is 8.74. The second kappa shape index (κ2) is 6.76. The summed E-state index contributed by atoms with van der Waals surface area (Å²) in [5.74, 6) is 0. The Hall–Kier alpha value is 0.0700. The third kappa shape index (κ3) is 17.8. The third-order valence-corrected chi connectivity index (χ3v) is 0.856. The summed E-state index contributed by atoms with van der Waals surface area (Å²) >= 11 is 0. The van der Waals surface area contributed by atoms with Crippen LogP contribution in [0.3, 0.4) is 0 Å².